The first-order chi connectivity index (χ1) is 4.33. The lowest BCUT2D eigenvalue weighted by Crippen LogP contribution is -2.27. The zero-order valence-electron chi connectivity index (χ0n) is 5.45. The maximum atomic E-state index is 8.36. The summed E-state index contributed by atoms with van der Waals surface area (Å²) in [4.78, 5) is 0. The Morgan fingerprint density at radius 2 is 1.78 bits per heavy atom. The van der Waals surface area contributed by atoms with Crippen molar-refractivity contribution >= 4 is 0 Å². The van der Waals surface area contributed by atoms with E-state index in [9.17, 15) is 0 Å². The van der Waals surface area contributed by atoms with Gasteiger partial charge in [0.25, 0.3) is 0 Å². The highest BCUT2D eigenvalue weighted by atomic mass is 15.0. The maximum absolute atomic E-state index is 8.36. The summed E-state index contributed by atoms with van der Waals surface area (Å²) in [6.45, 7) is 0. The molecule has 1 fully saturated rings. The van der Waals surface area contributed by atoms with E-state index in [1.54, 1.807) is 0 Å². The van der Waals surface area contributed by atoms with Gasteiger partial charge in [-0.1, -0.05) is 0 Å². The fourth-order valence-electron chi connectivity index (χ4n) is 1.22. The van der Waals surface area contributed by atoms with Gasteiger partial charge in [-0.3, -0.25) is 0 Å². The second kappa shape index (κ2) is 2.92. The van der Waals surface area contributed by atoms with Gasteiger partial charge in [-0.15, -0.1) is 0 Å². The van der Waals surface area contributed by atoms with Crippen molar-refractivity contribution in [1.29, 1.82) is 0 Å². The lowest BCUT2D eigenvalue weighted by Gasteiger charge is -2.24. The summed E-state index contributed by atoms with van der Waals surface area (Å²) < 4.78 is 0. The van der Waals surface area contributed by atoms with Crippen LogP contribution in [0.4, 0.5) is 0 Å². The predicted molar refractivity (Wildman–Crippen MR) is 36.0 cm³/mol. The van der Waals surface area contributed by atoms with Crippen LogP contribution in [0, 0.1) is 0 Å². The summed E-state index contributed by atoms with van der Waals surface area (Å²) >= 11 is 0. The molecule has 0 aromatic heterocycles. The SMILES string of the molecule is [N-]=NC1CCC(N)CC1. The number of hydrogen-bond acceptors (Lipinski definition) is 2. The van der Waals surface area contributed by atoms with Crippen molar-refractivity contribution in [2.75, 3.05) is 0 Å². The standard InChI is InChI=1S/C6H12N3/c7-5-1-3-6(9-8)4-2-5/h5-6H,1-4,7H2/q-1. The van der Waals surface area contributed by atoms with Gasteiger partial charge >= 0.3 is 0 Å². The molecule has 0 radical (unpaired) electrons. The fourth-order valence-corrected chi connectivity index (χ4v) is 1.22. The maximum Gasteiger partial charge on any atom is 0.0264 e. The average molecular weight is 126 g/mol. The Labute approximate surface area is 55.1 Å². The molecule has 1 rings (SSSR count). The minimum atomic E-state index is 0.171. The first kappa shape index (κ1) is 6.68. The molecule has 3 nitrogen and oxygen atoms in total. The molecule has 0 spiro atoms. The summed E-state index contributed by atoms with van der Waals surface area (Å²) in [7, 11) is 0. The molecule has 9 heavy (non-hydrogen) atoms. The highest BCUT2D eigenvalue weighted by Crippen LogP contribution is 2.19. The van der Waals surface area contributed by atoms with Crippen LogP contribution in [0.25, 0.3) is 5.53 Å². The van der Waals surface area contributed by atoms with Crippen LogP contribution in [0.5, 0.6) is 0 Å². The molecule has 0 atom stereocenters. The molecule has 1 saturated carbocycles. The van der Waals surface area contributed by atoms with Crippen LogP contribution in [0.15, 0.2) is 5.11 Å². The van der Waals surface area contributed by atoms with Crippen LogP contribution in [0.2, 0.25) is 0 Å². The number of nitrogens with zero attached hydrogens (tertiary/aromatic N) is 2. The Morgan fingerprint density at radius 1 is 1.22 bits per heavy atom. The van der Waals surface area contributed by atoms with Crippen LogP contribution >= 0.6 is 0 Å². The van der Waals surface area contributed by atoms with Gasteiger partial charge in [0.2, 0.25) is 0 Å². The molecule has 0 heterocycles. The van der Waals surface area contributed by atoms with Crippen molar-refractivity contribution in [2.24, 2.45) is 10.8 Å². The summed E-state index contributed by atoms with van der Waals surface area (Å²) in [5, 5.41) is 3.23. The minimum absolute atomic E-state index is 0.171. The molecule has 0 amide bonds. The van der Waals surface area contributed by atoms with E-state index in [2.05, 4.69) is 5.11 Å². The third-order valence-corrected chi connectivity index (χ3v) is 1.90. The zero-order valence-corrected chi connectivity index (χ0v) is 5.45. The number of hydrogen-bond donors (Lipinski definition) is 1. The average Bonchev–Trinajstić information content (AvgIpc) is 1.90. The van der Waals surface area contributed by atoms with Gasteiger partial charge in [0.1, 0.15) is 0 Å². The minimum Gasteiger partial charge on any atom is -0.712 e. The molecule has 3 heteroatoms. The third kappa shape index (κ3) is 1.75. The molecule has 0 aliphatic heterocycles. The largest absolute Gasteiger partial charge is 0.712 e. The van der Waals surface area contributed by atoms with E-state index in [0.29, 0.717) is 6.04 Å². The number of rotatable bonds is 1. The van der Waals surface area contributed by atoms with E-state index in [0.717, 1.165) is 25.7 Å². The van der Waals surface area contributed by atoms with E-state index in [1.807, 2.05) is 0 Å². The predicted octanol–water partition coefficient (Wildman–Crippen LogP) is 1.28. The Hall–Kier alpha value is -0.440. The molecule has 0 unspecified atom stereocenters. The van der Waals surface area contributed by atoms with Crippen LogP contribution in [0.3, 0.4) is 0 Å². The molecular formula is C6H12N3-. The molecule has 1 aliphatic carbocycles. The van der Waals surface area contributed by atoms with Crippen molar-refractivity contribution in [1.82, 2.24) is 0 Å². The van der Waals surface area contributed by atoms with Gasteiger partial charge in [-0.05, 0) is 25.7 Å². The van der Waals surface area contributed by atoms with Crippen LogP contribution < -0.4 is 5.73 Å². The molecular weight excluding hydrogens is 114 g/mol. The molecule has 0 aromatic carbocycles. The van der Waals surface area contributed by atoms with Crippen molar-refractivity contribution < 1.29 is 0 Å². The summed E-state index contributed by atoms with van der Waals surface area (Å²) in [5.74, 6) is 0. The molecule has 2 N–H and O–H groups in total. The first-order valence-corrected chi connectivity index (χ1v) is 3.42. The van der Waals surface area contributed by atoms with Crippen LogP contribution in [-0.4, -0.2) is 12.1 Å². The van der Waals surface area contributed by atoms with Crippen LogP contribution in [-0.2, 0) is 0 Å². The highest BCUT2D eigenvalue weighted by Gasteiger charge is 2.14. The summed E-state index contributed by atoms with van der Waals surface area (Å²) in [6, 6.07) is 0.521. The Kier molecular flexibility index (Phi) is 2.16. The summed E-state index contributed by atoms with van der Waals surface area (Å²) in [5.41, 5.74) is 14.0. The normalized spacial score (nSPS) is 36.1. The zero-order chi connectivity index (χ0) is 6.69. The topological polar surface area (TPSA) is 60.7 Å². The van der Waals surface area contributed by atoms with Crippen LogP contribution in [0.1, 0.15) is 25.7 Å². The molecule has 0 bridgehead atoms. The van der Waals surface area contributed by atoms with E-state index < -0.39 is 0 Å². The van der Waals surface area contributed by atoms with Gasteiger partial charge in [0.15, 0.2) is 0 Å². The van der Waals surface area contributed by atoms with Gasteiger partial charge in [0.05, 0.1) is 0 Å². The van der Waals surface area contributed by atoms with Crippen molar-refractivity contribution in [3.63, 3.8) is 0 Å². The van der Waals surface area contributed by atoms with Gasteiger partial charge in [0, 0.05) is 12.1 Å². The van der Waals surface area contributed by atoms with E-state index in [-0.39, 0.29) is 6.04 Å². The fraction of sp³-hybridized carbons (Fsp3) is 1.00. The molecule has 0 aromatic rings. The monoisotopic (exact) mass is 126 g/mol. The Balaban J connectivity index is 2.26. The van der Waals surface area contributed by atoms with Crippen molar-refractivity contribution in [2.45, 2.75) is 37.8 Å². The molecule has 1 aliphatic rings. The second-order valence-corrected chi connectivity index (χ2v) is 2.68. The lowest BCUT2D eigenvalue weighted by atomic mass is 9.92. The third-order valence-electron chi connectivity index (χ3n) is 1.90. The van der Waals surface area contributed by atoms with Crippen molar-refractivity contribution in [3.05, 3.63) is 5.53 Å². The van der Waals surface area contributed by atoms with Crippen molar-refractivity contribution in [3.8, 4) is 0 Å². The smallest absolute Gasteiger partial charge is 0.0264 e. The van der Waals surface area contributed by atoms with E-state index in [4.69, 9.17) is 11.3 Å². The van der Waals surface area contributed by atoms with E-state index >= 15 is 0 Å². The second-order valence-electron chi connectivity index (χ2n) is 2.68. The highest BCUT2D eigenvalue weighted by molar-refractivity contribution is 4.77. The number of nitrogens with two attached hydrogens (primary N) is 1. The summed E-state index contributed by atoms with van der Waals surface area (Å²) in [6.07, 6.45) is 3.93. The lowest BCUT2D eigenvalue weighted by molar-refractivity contribution is 0.394. The first-order valence-electron chi connectivity index (χ1n) is 3.42. The van der Waals surface area contributed by atoms with Gasteiger partial charge in [-0.25, -0.2) is 0 Å². The Bertz CT molecular complexity index is 94.5. The van der Waals surface area contributed by atoms with Gasteiger partial charge in [-0.2, -0.15) is 0 Å². The van der Waals surface area contributed by atoms with E-state index in [1.165, 1.54) is 0 Å². The molecule has 0 saturated heterocycles. The Morgan fingerprint density at radius 3 is 2.22 bits per heavy atom. The van der Waals surface area contributed by atoms with Gasteiger partial charge < -0.3 is 16.4 Å². The quantitative estimate of drug-likeness (QED) is 0.528. The molecule has 52 valence electrons.